The molecule has 0 unspecified atom stereocenters. The molecule has 0 saturated heterocycles. The zero-order valence-corrected chi connectivity index (χ0v) is 17.7. The number of sulfonamides is 1. The predicted molar refractivity (Wildman–Crippen MR) is 111 cm³/mol. The van der Waals surface area contributed by atoms with E-state index in [9.17, 15) is 18.0 Å². The standard InChI is InChI=1S/C20H25N3O5S/c1-14-9-10-15(29(26,27)23(2)3)13-17(14)22-19(24)11-12-21-20(25)16-7-5-6-8-18(16)28-4/h5-10,13H,11-12H2,1-4H3,(H,21,25)(H,22,24). The summed E-state index contributed by atoms with van der Waals surface area (Å²) in [6, 6.07) is 11.4. The summed E-state index contributed by atoms with van der Waals surface area (Å²) < 4.78 is 30.8. The summed E-state index contributed by atoms with van der Waals surface area (Å²) in [5.41, 5.74) is 1.52. The molecule has 0 fully saturated rings. The van der Waals surface area contributed by atoms with Crippen LogP contribution in [0, 0.1) is 6.92 Å². The van der Waals surface area contributed by atoms with Crippen LogP contribution in [0.2, 0.25) is 0 Å². The third kappa shape index (κ3) is 5.55. The molecule has 2 amide bonds. The van der Waals surface area contributed by atoms with Crippen molar-refractivity contribution in [3.05, 3.63) is 53.6 Å². The Balaban J connectivity index is 1.98. The molecule has 2 N–H and O–H groups in total. The smallest absolute Gasteiger partial charge is 0.255 e. The van der Waals surface area contributed by atoms with Crippen LogP contribution in [0.4, 0.5) is 5.69 Å². The van der Waals surface area contributed by atoms with Gasteiger partial charge in [-0.05, 0) is 36.8 Å². The van der Waals surface area contributed by atoms with Gasteiger partial charge in [0.05, 0.1) is 17.6 Å². The maximum Gasteiger partial charge on any atom is 0.255 e. The third-order valence-electron chi connectivity index (χ3n) is 4.25. The normalized spacial score (nSPS) is 11.2. The van der Waals surface area contributed by atoms with Gasteiger partial charge in [0.1, 0.15) is 5.75 Å². The number of carbonyl (C=O) groups is 2. The van der Waals surface area contributed by atoms with E-state index in [0.29, 0.717) is 17.0 Å². The number of ether oxygens (including phenoxy) is 1. The van der Waals surface area contributed by atoms with Crippen LogP contribution in [-0.2, 0) is 14.8 Å². The topological polar surface area (TPSA) is 105 Å². The highest BCUT2D eigenvalue weighted by atomic mass is 32.2. The number of para-hydroxylation sites is 1. The summed E-state index contributed by atoms with van der Waals surface area (Å²) in [6.45, 7) is 1.89. The molecule has 0 heterocycles. The molecule has 8 nitrogen and oxygen atoms in total. The highest BCUT2D eigenvalue weighted by Crippen LogP contribution is 2.22. The molecule has 0 saturated carbocycles. The number of carbonyl (C=O) groups excluding carboxylic acids is 2. The van der Waals surface area contributed by atoms with Crippen LogP contribution in [0.15, 0.2) is 47.4 Å². The summed E-state index contributed by atoms with van der Waals surface area (Å²) in [5, 5.41) is 5.37. The Morgan fingerprint density at radius 2 is 1.79 bits per heavy atom. The lowest BCUT2D eigenvalue weighted by Crippen LogP contribution is -2.28. The molecule has 29 heavy (non-hydrogen) atoms. The minimum Gasteiger partial charge on any atom is -0.496 e. The molecule has 9 heteroatoms. The molecule has 0 aliphatic rings. The van der Waals surface area contributed by atoms with E-state index in [4.69, 9.17) is 4.74 Å². The number of benzene rings is 2. The Bertz CT molecular complexity index is 1000. The van der Waals surface area contributed by atoms with Crippen molar-refractivity contribution in [3.8, 4) is 5.75 Å². The molecule has 2 aromatic carbocycles. The van der Waals surface area contributed by atoms with E-state index >= 15 is 0 Å². The lowest BCUT2D eigenvalue weighted by atomic mass is 10.2. The minimum absolute atomic E-state index is 0.0327. The molecule has 0 bridgehead atoms. The fourth-order valence-corrected chi connectivity index (χ4v) is 3.47. The SMILES string of the molecule is COc1ccccc1C(=O)NCCC(=O)Nc1cc(S(=O)(=O)N(C)C)ccc1C. The first kappa shape index (κ1) is 22.4. The molecule has 156 valence electrons. The molecule has 0 aromatic heterocycles. The fraction of sp³-hybridized carbons (Fsp3) is 0.300. The van der Waals surface area contributed by atoms with E-state index < -0.39 is 10.0 Å². The number of amides is 2. The van der Waals surface area contributed by atoms with Crippen LogP contribution in [-0.4, -0.2) is 52.3 Å². The lowest BCUT2D eigenvalue weighted by Gasteiger charge is -2.14. The van der Waals surface area contributed by atoms with Crippen molar-refractivity contribution in [3.63, 3.8) is 0 Å². The predicted octanol–water partition coefficient (Wildman–Crippen LogP) is 2.01. The highest BCUT2D eigenvalue weighted by molar-refractivity contribution is 7.89. The maximum atomic E-state index is 12.3. The first-order valence-corrected chi connectivity index (χ1v) is 10.3. The number of aryl methyl sites for hydroxylation is 1. The van der Waals surface area contributed by atoms with E-state index in [1.165, 1.54) is 33.3 Å². The van der Waals surface area contributed by atoms with Crippen molar-refractivity contribution in [1.82, 2.24) is 9.62 Å². The Hall–Kier alpha value is -2.91. The quantitative estimate of drug-likeness (QED) is 0.681. The number of nitrogens with zero attached hydrogens (tertiary/aromatic N) is 1. The molecule has 2 aromatic rings. The summed E-state index contributed by atoms with van der Waals surface area (Å²) >= 11 is 0. The molecular formula is C20H25N3O5S. The van der Waals surface area contributed by atoms with E-state index in [1.807, 2.05) is 0 Å². The second kappa shape index (κ2) is 9.53. The van der Waals surface area contributed by atoms with Gasteiger partial charge in [0, 0.05) is 32.7 Å². The van der Waals surface area contributed by atoms with Gasteiger partial charge >= 0.3 is 0 Å². The second-order valence-corrected chi connectivity index (χ2v) is 8.67. The Labute approximate surface area is 170 Å². The number of anilines is 1. The van der Waals surface area contributed by atoms with Crippen molar-refractivity contribution < 1.29 is 22.7 Å². The Kier molecular flexibility index (Phi) is 7.35. The van der Waals surface area contributed by atoms with Gasteiger partial charge in [-0.1, -0.05) is 18.2 Å². The van der Waals surface area contributed by atoms with Gasteiger partial charge in [0.25, 0.3) is 5.91 Å². The van der Waals surface area contributed by atoms with Gasteiger partial charge in [0.15, 0.2) is 0 Å². The van der Waals surface area contributed by atoms with Gasteiger partial charge in [-0.2, -0.15) is 0 Å². The van der Waals surface area contributed by atoms with Crippen molar-refractivity contribution in [2.24, 2.45) is 0 Å². The Morgan fingerprint density at radius 3 is 2.45 bits per heavy atom. The van der Waals surface area contributed by atoms with Crippen LogP contribution in [0.25, 0.3) is 0 Å². The zero-order chi connectivity index (χ0) is 21.6. The lowest BCUT2D eigenvalue weighted by molar-refractivity contribution is -0.116. The van der Waals surface area contributed by atoms with Gasteiger partial charge in [-0.15, -0.1) is 0 Å². The summed E-state index contributed by atoms with van der Waals surface area (Å²) in [5.74, 6) is -0.234. The van der Waals surface area contributed by atoms with Gasteiger partial charge in [-0.25, -0.2) is 12.7 Å². The first-order valence-electron chi connectivity index (χ1n) is 8.91. The van der Waals surface area contributed by atoms with Gasteiger partial charge < -0.3 is 15.4 Å². The summed E-state index contributed by atoms with van der Waals surface area (Å²) in [4.78, 5) is 24.6. The number of hydrogen-bond acceptors (Lipinski definition) is 5. The van der Waals surface area contributed by atoms with E-state index in [-0.39, 0.29) is 29.7 Å². The molecular weight excluding hydrogens is 394 g/mol. The zero-order valence-electron chi connectivity index (χ0n) is 16.9. The molecule has 0 radical (unpaired) electrons. The van der Waals surface area contributed by atoms with Gasteiger partial charge in [0.2, 0.25) is 15.9 Å². The Morgan fingerprint density at radius 1 is 1.10 bits per heavy atom. The molecule has 0 spiro atoms. The maximum absolute atomic E-state index is 12.3. The molecule has 0 aliphatic heterocycles. The number of hydrogen-bond donors (Lipinski definition) is 2. The van der Waals surface area contributed by atoms with Gasteiger partial charge in [-0.3, -0.25) is 9.59 Å². The summed E-state index contributed by atoms with van der Waals surface area (Å²) in [6.07, 6.45) is 0.0327. The van der Waals surface area contributed by atoms with Crippen LogP contribution in [0.5, 0.6) is 5.75 Å². The fourth-order valence-electron chi connectivity index (χ4n) is 2.54. The second-order valence-electron chi connectivity index (χ2n) is 6.52. The highest BCUT2D eigenvalue weighted by Gasteiger charge is 2.19. The third-order valence-corrected chi connectivity index (χ3v) is 6.06. The van der Waals surface area contributed by atoms with Crippen LogP contribution >= 0.6 is 0 Å². The average molecular weight is 420 g/mol. The van der Waals surface area contributed by atoms with Crippen molar-refractivity contribution >= 4 is 27.5 Å². The first-order chi connectivity index (χ1) is 13.7. The van der Waals surface area contributed by atoms with Crippen LogP contribution in [0.1, 0.15) is 22.3 Å². The van der Waals surface area contributed by atoms with Crippen molar-refractivity contribution in [2.45, 2.75) is 18.2 Å². The minimum atomic E-state index is -3.60. The summed E-state index contributed by atoms with van der Waals surface area (Å²) in [7, 11) is 0.759. The van der Waals surface area contributed by atoms with Crippen molar-refractivity contribution in [1.29, 1.82) is 0 Å². The van der Waals surface area contributed by atoms with E-state index in [2.05, 4.69) is 10.6 Å². The number of methoxy groups -OCH3 is 1. The molecule has 2 rings (SSSR count). The molecule has 0 atom stereocenters. The average Bonchev–Trinajstić information content (AvgIpc) is 2.69. The van der Waals surface area contributed by atoms with E-state index in [1.54, 1.807) is 37.3 Å². The van der Waals surface area contributed by atoms with Crippen LogP contribution in [0.3, 0.4) is 0 Å². The van der Waals surface area contributed by atoms with Crippen LogP contribution < -0.4 is 15.4 Å². The number of nitrogens with one attached hydrogen (secondary N) is 2. The molecule has 0 aliphatic carbocycles. The monoisotopic (exact) mass is 419 g/mol. The van der Waals surface area contributed by atoms with Crippen molar-refractivity contribution in [2.75, 3.05) is 33.1 Å². The number of rotatable bonds is 8. The van der Waals surface area contributed by atoms with E-state index in [0.717, 1.165) is 9.87 Å². The largest absolute Gasteiger partial charge is 0.496 e.